The Kier molecular flexibility index (Phi) is 4.58. The molecule has 0 atom stereocenters. The molecule has 2 heterocycles. The fourth-order valence-electron chi connectivity index (χ4n) is 3.21. The maximum atomic E-state index is 4.78. The molecular formula is C24H15BrN4. The number of benzene rings is 3. The number of aromatic nitrogens is 4. The summed E-state index contributed by atoms with van der Waals surface area (Å²) in [4.78, 5) is 18.5. The Morgan fingerprint density at radius 2 is 1.28 bits per heavy atom. The van der Waals surface area contributed by atoms with Crippen molar-refractivity contribution in [2.24, 2.45) is 0 Å². The third-order valence-corrected chi connectivity index (χ3v) is 5.38. The number of nitrogens with zero attached hydrogens (tertiary/aromatic N) is 4. The predicted octanol–water partition coefficient (Wildman–Crippen LogP) is 6.18. The Balaban J connectivity index is 1.73. The topological polar surface area (TPSA) is 51.6 Å². The van der Waals surface area contributed by atoms with E-state index in [0.29, 0.717) is 17.5 Å². The van der Waals surface area contributed by atoms with E-state index in [4.69, 9.17) is 15.0 Å². The summed E-state index contributed by atoms with van der Waals surface area (Å²) < 4.78 is 0.891. The third-order valence-electron chi connectivity index (χ3n) is 4.68. The summed E-state index contributed by atoms with van der Waals surface area (Å²) in [6, 6.07) is 26.4. The summed E-state index contributed by atoms with van der Waals surface area (Å²) in [7, 11) is 0. The van der Waals surface area contributed by atoms with Gasteiger partial charge < -0.3 is 0 Å². The van der Waals surface area contributed by atoms with Gasteiger partial charge >= 0.3 is 0 Å². The summed E-state index contributed by atoms with van der Waals surface area (Å²) in [6.07, 6.45) is 3.50. The molecule has 0 bridgehead atoms. The lowest BCUT2D eigenvalue weighted by molar-refractivity contribution is 1.07. The Labute approximate surface area is 176 Å². The highest BCUT2D eigenvalue weighted by Gasteiger charge is 2.14. The van der Waals surface area contributed by atoms with Gasteiger partial charge in [0.1, 0.15) is 0 Å². The Bertz CT molecular complexity index is 1320. The molecule has 0 aliphatic heterocycles. The summed E-state index contributed by atoms with van der Waals surface area (Å²) in [5.74, 6) is 1.85. The van der Waals surface area contributed by atoms with Crippen molar-refractivity contribution in [1.29, 1.82) is 0 Å². The molecular weight excluding hydrogens is 424 g/mol. The lowest BCUT2D eigenvalue weighted by atomic mass is 10.1. The molecule has 0 aliphatic rings. The van der Waals surface area contributed by atoms with Gasteiger partial charge in [-0.25, -0.2) is 15.0 Å². The average molecular weight is 439 g/mol. The van der Waals surface area contributed by atoms with E-state index in [2.05, 4.69) is 51.2 Å². The highest BCUT2D eigenvalue weighted by Crippen LogP contribution is 2.29. The Morgan fingerprint density at radius 1 is 0.586 bits per heavy atom. The number of halogens is 1. The van der Waals surface area contributed by atoms with Crippen LogP contribution in [-0.4, -0.2) is 19.9 Å². The molecule has 5 aromatic rings. The molecule has 4 nitrogen and oxygen atoms in total. The highest BCUT2D eigenvalue weighted by atomic mass is 79.9. The number of hydrogen-bond donors (Lipinski definition) is 0. The van der Waals surface area contributed by atoms with Crippen molar-refractivity contribution in [2.45, 2.75) is 0 Å². The van der Waals surface area contributed by atoms with Gasteiger partial charge in [-0.1, -0.05) is 66.7 Å². The molecule has 0 aliphatic carbocycles. The van der Waals surface area contributed by atoms with E-state index in [0.717, 1.165) is 26.5 Å². The summed E-state index contributed by atoms with van der Waals surface area (Å²) >= 11 is 3.59. The fourth-order valence-corrected chi connectivity index (χ4v) is 3.61. The maximum absolute atomic E-state index is 4.78. The second-order valence-electron chi connectivity index (χ2n) is 6.59. The first-order valence-corrected chi connectivity index (χ1v) is 9.98. The van der Waals surface area contributed by atoms with Crippen LogP contribution in [0.1, 0.15) is 0 Å². The van der Waals surface area contributed by atoms with Crippen LogP contribution in [0.25, 0.3) is 44.9 Å². The van der Waals surface area contributed by atoms with E-state index in [9.17, 15) is 0 Å². The fraction of sp³-hybridized carbons (Fsp3) is 0. The Hall–Kier alpha value is -3.44. The SMILES string of the molecule is Brc1ccncc1-c1nc(-c2ccccc2)nc(-c2ccc3ccccc3c2)n1. The van der Waals surface area contributed by atoms with Crippen LogP contribution in [0, 0.1) is 0 Å². The zero-order valence-electron chi connectivity index (χ0n) is 15.3. The molecule has 0 saturated carbocycles. The monoisotopic (exact) mass is 438 g/mol. The quantitative estimate of drug-likeness (QED) is 0.337. The zero-order valence-corrected chi connectivity index (χ0v) is 16.9. The van der Waals surface area contributed by atoms with Gasteiger partial charge in [0, 0.05) is 28.0 Å². The van der Waals surface area contributed by atoms with Crippen LogP contribution in [0.2, 0.25) is 0 Å². The van der Waals surface area contributed by atoms with Crippen molar-refractivity contribution in [1.82, 2.24) is 19.9 Å². The van der Waals surface area contributed by atoms with Crippen molar-refractivity contribution in [2.75, 3.05) is 0 Å². The molecule has 29 heavy (non-hydrogen) atoms. The number of rotatable bonds is 3. The van der Waals surface area contributed by atoms with E-state index in [1.54, 1.807) is 12.4 Å². The minimum atomic E-state index is 0.585. The predicted molar refractivity (Wildman–Crippen MR) is 119 cm³/mol. The van der Waals surface area contributed by atoms with Crippen LogP contribution < -0.4 is 0 Å². The van der Waals surface area contributed by atoms with E-state index < -0.39 is 0 Å². The van der Waals surface area contributed by atoms with Crippen LogP contribution in [0.5, 0.6) is 0 Å². The first-order valence-electron chi connectivity index (χ1n) is 9.18. The van der Waals surface area contributed by atoms with Gasteiger partial charge in [-0.2, -0.15) is 0 Å². The molecule has 0 spiro atoms. The molecule has 0 radical (unpaired) electrons. The van der Waals surface area contributed by atoms with E-state index in [-0.39, 0.29) is 0 Å². The minimum absolute atomic E-state index is 0.585. The van der Waals surface area contributed by atoms with Crippen molar-refractivity contribution < 1.29 is 0 Å². The maximum Gasteiger partial charge on any atom is 0.166 e. The second-order valence-corrected chi connectivity index (χ2v) is 7.44. The average Bonchev–Trinajstić information content (AvgIpc) is 2.79. The zero-order chi connectivity index (χ0) is 19.6. The molecule has 0 fully saturated rings. The van der Waals surface area contributed by atoms with Gasteiger partial charge in [-0.05, 0) is 38.8 Å². The van der Waals surface area contributed by atoms with E-state index in [1.807, 2.05) is 48.5 Å². The first-order chi connectivity index (χ1) is 14.3. The van der Waals surface area contributed by atoms with Gasteiger partial charge in [0.25, 0.3) is 0 Å². The lowest BCUT2D eigenvalue weighted by Crippen LogP contribution is -2.00. The molecule has 0 unspecified atom stereocenters. The molecule has 0 N–H and O–H groups in total. The largest absolute Gasteiger partial charge is 0.264 e. The summed E-state index contributed by atoms with van der Waals surface area (Å²) in [5.41, 5.74) is 2.72. The third kappa shape index (κ3) is 3.52. The molecule has 0 amide bonds. The van der Waals surface area contributed by atoms with Gasteiger partial charge in [0.15, 0.2) is 17.5 Å². The number of hydrogen-bond acceptors (Lipinski definition) is 4. The second kappa shape index (κ2) is 7.53. The van der Waals surface area contributed by atoms with Gasteiger partial charge in [-0.3, -0.25) is 4.98 Å². The first kappa shape index (κ1) is 17.6. The van der Waals surface area contributed by atoms with E-state index >= 15 is 0 Å². The van der Waals surface area contributed by atoms with Crippen molar-refractivity contribution in [3.05, 3.63) is 95.7 Å². The van der Waals surface area contributed by atoms with Crippen LogP contribution in [0.15, 0.2) is 95.7 Å². The van der Waals surface area contributed by atoms with Crippen molar-refractivity contribution in [3.63, 3.8) is 0 Å². The van der Waals surface area contributed by atoms with Crippen LogP contribution in [-0.2, 0) is 0 Å². The van der Waals surface area contributed by atoms with E-state index in [1.165, 1.54) is 5.39 Å². The Morgan fingerprint density at radius 3 is 2.07 bits per heavy atom. The summed E-state index contributed by atoms with van der Waals surface area (Å²) in [6.45, 7) is 0. The molecule has 2 aromatic heterocycles. The van der Waals surface area contributed by atoms with Gasteiger partial charge in [0.2, 0.25) is 0 Å². The van der Waals surface area contributed by atoms with Crippen molar-refractivity contribution >= 4 is 26.7 Å². The normalized spacial score (nSPS) is 10.9. The molecule has 0 saturated heterocycles. The molecule has 138 valence electrons. The highest BCUT2D eigenvalue weighted by molar-refractivity contribution is 9.10. The lowest BCUT2D eigenvalue weighted by Gasteiger charge is -2.09. The molecule has 5 rings (SSSR count). The van der Waals surface area contributed by atoms with Crippen LogP contribution in [0.3, 0.4) is 0 Å². The summed E-state index contributed by atoms with van der Waals surface area (Å²) in [5, 5.41) is 2.33. The standard InChI is InChI=1S/C24H15BrN4/c25-21-12-13-26-15-20(21)24-28-22(17-7-2-1-3-8-17)27-23(29-24)19-11-10-16-6-4-5-9-18(16)14-19/h1-15H. The molecule has 3 aromatic carbocycles. The van der Waals surface area contributed by atoms with Crippen LogP contribution in [0.4, 0.5) is 0 Å². The number of pyridine rings is 1. The number of fused-ring (bicyclic) bond motifs is 1. The smallest absolute Gasteiger partial charge is 0.166 e. The van der Waals surface area contributed by atoms with Gasteiger partial charge in [-0.15, -0.1) is 0 Å². The van der Waals surface area contributed by atoms with Crippen molar-refractivity contribution in [3.8, 4) is 34.2 Å². The van der Waals surface area contributed by atoms with Crippen LogP contribution >= 0.6 is 15.9 Å². The van der Waals surface area contributed by atoms with Gasteiger partial charge in [0.05, 0.1) is 5.56 Å². The minimum Gasteiger partial charge on any atom is -0.264 e. The molecule has 5 heteroatoms.